The molecule has 0 spiro atoms. The van der Waals surface area contributed by atoms with Crippen LogP contribution < -0.4 is 11.1 Å². The summed E-state index contributed by atoms with van der Waals surface area (Å²) in [5, 5.41) is 12.8. The number of hydrogen-bond donors (Lipinski definition) is 2. The zero-order valence-electron chi connectivity index (χ0n) is 7.97. The number of nitrogens with zero attached hydrogens (tertiary/aromatic N) is 1. The van der Waals surface area contributed by atoms with E-state index in [4.69, 9.17) is 5.73 Å². The summed E-state index contributed by atoms with van der Waals surface area (Å²) in [6.45, 7) is 0.424. The van der Waals surface area contributed by atoms with Crippen LogP contribution in [0.3, 0.4) is 0 Å². The van der Waals surface area contributed by atoms with Crippen molar-refractivity contribution in [2.75, 3.05) is 6.54 Å². The zero-order valence-corrected chi connectivity index (χ0v) is 7.97. The van der Waals surface area contributed by atoms with E-state index in [9.17, 15) is 14.9 Å². The molecule has 80 valence electrons. The van der Waals surface area contributed by atoms with Crippen molar-refractivity contribution in [2.45, 2.75) is 6.42 Å². The first-order valence-corrected chi connectivity index (χ1v) is 4.36. The summed E-state index contributed by atoms with van der Waals surface area (Å²) in [5.74, 6) is 0. The molecular weight excluding hydrogens is 198 g/mol. The summed E-state index contributed by atoms with van der Waals surface area (Å²) in [6.07, 6.45) is 0.598. The van der Waals surface area contributed by atoms with Crippen molar-refractivity contribution in [1.82, 2.24) is 5.32 Å². The average Bonchev–Trinajstić information content (AvgIpc) is 2.18. The van der Waals surface area contributed by atoms with Gasteiger partial charge in [-0.05, 0) is 12.0 Å². The van der Waals surface area contributed by atoms with Gasteiger partial charge in [-0.2, -0.15) is 0 Å². The van der Waals surface area contributed by atoms with Gasteiger partial charge in [-0.15, -0.1) is 0 Å². The van der Waals surface area contributed by atoms with Crippen molar-refractivity contribution in [2.24, 2.45) is 5.73 Å². The first-order valence-electron chi connectivity index (χ1n) is 4.36. The van der Waals surface area contributed by atoms with E-state index >= 15 is 0 Å². The van der Waals surface area contributed by atoms with Crippen LogP contribution >= 0.6 is 0 Å². The van der Waals surface area contributed by atoms with Crippen molar-refractivity contribution in [3.8, 4) is 0 Å². The summed E-state index contributed by atoms with van der Waals surface area (Å²) >= 11 is 0. The van der Waals surface area contributed by atoms with Gasteiger partial charge in [0.1, 0.15) is 0 Å². The number of nitrogens with two attached hydrogens (primary N) is 1. The molecule has 0 aromatic heterocycles. The highest BCUT2D eigenvalue weighted by Gasteiger charge is 2.03. The van der Waals surface area contributed by atoms with E-state index in [2.05, 4.69) is 5.32 Å². The fourth-order valence-corrected chi connectivity index (χ4v) is 1.11. The number of benzene rings is 1. The van der Waals surface area contributed by atoms with Gasteiger partial charge >= 0.3 is 6.03 Å². The Balaban J connectivity index is 2.50. The molecule has 6 heteroatoms. The van der Waals surface area contributed by atoms with E-state index in [0.29, 0.717) is 13.0 Å². The number of carbonyl (C=O) groups is 1. The minimum Gasteiger partial charge on any atom is -0.352 e. The Labute approximate surface area is 86.2 Å². The lowest BCUT2D eigenvalue weighted by Gasteiger charge is -2.01. The van der Waals surface area contributed by atoms with Crippen molar-refractivity contribution < 1.29 is 9.72 Å². The number of non-ortho nitro benzene ring substituents is 1. The van der Waals surface area contributed by atoms with Crippen LogP contribution in [0.4, 0.5) is 10.5 Å². The fraction of sp³-hybridized carbons (Fsp3) is 0.222. The number of hydrogen-bond acceptors (Lipinski definition) is 3. The van der Waals surface area contributed by atoms with Crippen molar-refractivity contribution in [1.29, 1.82) is 0 Å². The van der Waals surface area contributed by atoms with Gasteiger partial charge in [0, 0.05) is 18.7 Å². The molecule has 0 heterocycles. The van der Waals surface area contributed by atoms with Crippen LogP contribution in [0, 0.1) is 10.1 Å². The minimum absolute atomic E-state index is 0.0570. The monoisotopic (exact) mass is 209 g/mol. The normalized spacial score (nSPS) is 9.60. The number of carbonyl (C=O) groups excluding carboxylic acids is 1. The average molecular weight is 209 g/mol. The molecule has 0 aliphatic heterocycles. The molecule has 0 saturated heterocycles. The second-order valence-electron chi connectivity index (χ2n) is 2.96. The summed E-state index contributed by atoms with van der Waals surface area (Å²) in [5.41, 5.74) is 5.85. The molecule has 15 heavy (non-hydrogen) atoms. The second kappa shape index (κ2) is 4.94. The van der Waals surface area contributed by atoms with Crippen molar-refractivity contribution in [3.63, 3.8) is 0 Å². The smallest absolute Gasteiger partial charge is 0.312 e. The van der Waals surface area contributed by atoms with Gasteiger partial charge in [0.05, 0.1) is 4.92 Å². The number of primary amides is 1. The van der Waals surface area contributed by atoms with E-state index in [0.717, 1.165) is 5.56 Å². The molecule has 0 aliphatic carbocycles. The maximum atomic E-state index is 10.4. The SMILES string of the molecule is NC(=O)NCCc1ccc([N+](=O)[O-])cc1. The van der Waals surface area contributed by atoms with E-state index in [1.165, 1.54) is 12.1 Å². The minimum atomic E-state index is -0.572. The molecule has 0 aliphatic rings. The van der Waals surface area contributed by atoms with Crippen LogP contribution in [0.5, 0.6) is 0 Å². The molecule has 2 amide bonds. The Morgan fingerprint density at radius 3 is 2.47 bits per heavy atom. The molecule has 0 fully saturated rings. The second-order valence-corrected chi connectivity index (χ2v) is 2.96. The summed E-state index contributed by atoms with van der Waals surface area (Å²) in [7, 11) is 0. The highest BCUT2D eigenvalue weighted by molar-refractivity contribution is 5.71. The lowest BCUT2D eigenvalue weighted by molar-refractivity contribution is -0.384. The number of urea groups is 1. The topological polar surface area (TPSA) is 98.3 Å². The largest absolute Gasteiger partial charge is 0.352 e. The third-order valence-corrected chi connectivity index (χ3v) is 1.86. The van der Waals surface area contributed by atoms with Gasteiger partial charge in [-0.3, -0.25) is 10.1 Å². The van der Waals surface area contributed by atoms with E-state index in [1.54, 1.807) is 12.1 Å². The molecule has 0 radical (unpaired) electrons. The van der Waals surface area contributed by atoms with E-state index < -0.39 is 11.0 Å². The Kier molecular flexibility index (Phi) is 3.61. The standard InChI is InChI=1S/C9H11N3O3/c10-9(13)11-6-5-7-1-3-8(4-2-7)12(14)15/h1-4H,5-6H2,(H3,10,11,13). The first-order chi connectivity index (χ1) is 7.09. The van der Waals surface area contributed by atoms with Gasteiger partial charge < -0.3 is 11.1 Å². The van der Waals surface area contributed by atoms with Gasteiger partial charge in [0.25, 0.3) is 5.69 Å². The summed E-state index contributed by atoms with van der Waals surface area (Å²) in [6, 6.07) is 5.60. The number of nitro benzene ring substituents is 1. The zero-order chi connectivity index (χ0) is 11.3. The van der Waals surface area contributed by atoms with E-state index in [-0.39, 0.29) is 5.69 Å². The summed E-state index contributed by atoms with van der Waals surface area (Å²) in [4.78, 5) is 20.2. The van der Waals surface area contributed by atoms with Gasteiger partial charge in [0.15, 0.2) is 0 Å². The number of rotatable bonds is 4. The van der Waals surface area contributed by atoms with Crippen molar-refractivity contribution >= 4 is 11.7 Å². The highest BCUT2D eigenvalue weighted by Crippen LogP contribution is 2.11. The lowest BCUT2D eigenvalue weighted by Crippen LogP contribution is -2.30. The Hall–Kier alpha value is -2.11. The Morgan fingerprint density at radius 1 is 1.40 bits per heavy atom. The van der Waals surface area contributed by atoms with Crippen LogP contribution in [-0.2, 0) is 6.42 Å². The first kappa shape index (κ1) is 11.0. The molecule has 0 saturated carbocycles. The highest BCUT2D eigenvalue weighted by atomic mass is 16.6. The van der Waals surface area contributed by atoms with E-state index in [1.807, 2.05) is 0 Å². The van der Waals surface area contributed by atoms with Gasteiger partial charge in [-0.25, -0.2) is 4.79 Å². The molecular formula is C9H11N3O3. The van der Waals surface area contributed by atoms with Gasteiger partial charge in [-0.1, -0.05) is 12.1 Å². The molecule has 0 atom stereocenters. The van der Waals surface area contributed by atoms with Crippen LogP contribution in [-0.4, -0.2) is 17.5 Å². The molecule has 1 rings (SSSR count). The molecule has 1 aromatic rings. The predicted molar refractivity (Wildman–Crippen MR) is 54.4 cm³/mol. The quantitative estimate of drug-likeness (QED) is 0.566. The Bertz CT molecular complexity index is 361. The van der Waals surface area contributed by atoms with Crippen molar-refractivity contribution in [3.05, 3.63) is 39.9 Å². The lowest BCUT2D eigenvalue weighted by atomic mass is 10.1. The van der Waals surface area contributed by atoms with Gasteiger partial charge in [0.2, 0.25) is 0 Å². The molecule has 0 unspecified atom stereocenters. The third kappa shape index (κ3) is 3.63. The Morgan fingerprint density at radius 2 is 2.00 bits per heavy atom. The predicted octanol–water partition coefficient (Wildman–Crippen LogP) is 0.806. The fourth-order valence-electron chi connectivity index (χ4n) is 1.11. The molecule has 3 N–H and O–H groups in total. The van der Waals surface area contributed by atoms with Crippen LogP contribution in [0.2, 0.25) is 0 Å². The molecule has 0 bridgehead atoms. The van der Waals surface area contributed by atoms with Crippen LogP contribution in [0.25, 0.3) is 0 Å². The van der Waals surface area contributed by atoms with Crippen LogP contribution in [0.15, 0.2) is 24.3 Å². The third-order valence-electron chi connectivity index (χ3n) is 1.86. The maximum absolute atomic E-state index is 10.4. The summed E-state index contributed by atoms with van der Waals surface area (Å²) < 4.78 is 0. The number of nitrogens with one attached hydrogen (secondary N) is 1. The van der Waals surface area contributed by atoms with Crippen LogP contribution in [0.1, 0.15) is 5.56 Å². The molecule has 6 nitrogen and oxygen atoms in total. The number of amides is 2. The maximum Gasteiger partial charge on any atom is 0.312 e. The number of nitro groups is 1. The molecule has 1 aromatic carbocycles.